The fourth-order valence-electron chi connectivity index (χ4n) is 2.60. The first-order chi connectivity index (χ1) is 10.9. The number of hydrogen-bond acceptors (Lipinski definition) is 4. The molecule has 0 aliphatic carbocycles. The van der Waals surface area contributed by atoms with Crippen molar-refractivity contribution in [3.63, 3.8) is 0 Å². The van der Waals surface area contributed by atoms with Crippen molar-refractivity contribution in [3.05, 3.63) is 77.6 Å². The Hall–Kier alpha value is -2.53. The van der Waals surface area contributed by atoms with E-state index in [0.717, 1.165) is 18.8 Å². The number of rotatable bonds is 6. The smallest absolute Gasteiger partial charge is 0.163 e. The van der Waals surface area contributed by atoms with Crippen molar-refractivity contribution >= 4 is 0 Å². The third-order valence-corrected chi connectivity index (χ3v) is 3.66. The summed E-state index contributed by atoms with van der Waals surface area (Å²) < 4.78 is 1.86. The molecule has 0 unspecified atom stereocenters. The summed E-state index contributed by atoms with van der Waals surface area (Å²) in [6.45, 7) is 1.36. The third-order valence-electron chi connectivity index (χ3n) is 3.66. The molecule has 3 rings (SSSR count). The molecule has 112 valence electrons. The van der Waals surface area contributed by atoms with Crippen molar-refractivity contribution in [3.8, 4) is 0 Å². The Bertz CT molecular complexity index is 654. The van der Waals surface area contributed by atoms with E-state index in [4.69, 9.17) is 5.73 Å². The minimum Gasteiger partial charge on any atom is -0.330 e. The summed E-state index contributed by atoms with van der Waals surface area (Å²) >= 11 is 0. The monoisotopic (exact) mass is 293 g/mol. The highest BCUT2D eigenvalue weighted by Crippen LogP contribution is 2.29. The Labute approximate surface area is 129 Å². The van der Waals surface area contributed by atoms with Crippen LogP contribution in [-0.4, -0.2) is 26.8 Å². The molecule has 1 heterocycles. The zero-order valence-corrected chi connectivity index (χ0v) is 12.3. The van der Waals surface area contributed by atoms with Crippen LogP contribution in [0.1, 0.15) is 29.3 Å². The maximum atomic E-state index is 5.61. The van der Waals surface area contributed by atoms with Gasteiger partial charge in [0.1, 0.15) is 0 Å². The fraction of sp³-hybridized carbons (Fsp3) is 0.235. The fourth-order valence-corrected chi connectivity index (χ4v) is 2.60. The van der Waals surface area contributed by atoms with Crippen LogP contribution in [-0.2, 0) is 6.54 Å². The van der Waals surface area contributed by atoms with Crippen molar-refractivity contribution in [1.82, 2.24) is 20.2 Å². The lowest BCUT2D eigenvalue weighted by Crippen LogP contribution is -2.15. The van der Waals surface area contributed by atoms with Gasteiger partial charge in [0.05, 0.1) is 5.92 Å². The summed E-state index contributed by atoms with van der Waals surface area (Å²) in [5.74, 6) is 0.876. The molecule has 5 nitrogen and oxygen atoms in total. The molecule has 5 heteroatoms. The van der Waals surface area contributed by atoms with Crippen LogP contribution in [0.25, 0.3) is 0 Å². The van der Waals surface area contributed by atoms with Gasteiger partial charge in [0.15, 0.2) is 5.82 Å². The molecule has 0 radical (unpaired) electrons. The van der Waals surface area contributed by atoms with Gasteiger partial charge < -0.3 is 5.73 Å². The summed E-state index contributed by atoms with van der Waals surface area (Å²) in [5, 5.41) is 12.3. The number of tetrazole rings is 1. The van der Waals surface area contributed by atoms with E-state index in [1.54, 1.807) is 0 Å². The summed E-state index contributed by atoms with van der Waals surface area (Å²) in [7, 11) is 0. The van der Waals surface area contributed by atoms with Crippen molar-refractivity contribution in [2.24, 2.45) is 5.73 Å². The lowest BCUT2D eigenvalue weighted by molar-refractivity contribution is 0.538. The van der Waals surface area contributed by atoms with Gasteiger partial charge in [0.2, 0.25) is 0 Å². The molecular formula is C17H19N5. The Balaban J connectivity index is 2.05. The van der Waals surface area contributed by atoms with Gasteiger partial charge in [0.25, 0.3) is 0 Å². The topological polar surface area (TPSA) is 69.6 Å². The summed E-state index contributed by atoms with van der Waals surface area (Å²) in [4.78, 5) is 0. The average molecular weight is 293 g/mol. The third kappa shape index (κ3) is 3.04. The van der Waals surface area contributed by atoms with Gasteiger partial charge in [0, 0.05) is 6.54 Å². The van der Waals surface area contributed by atoms with Gasteiger partial charge in [-0.25, -0.2) is 4.68 Å². The summed E-state index contributed by atoms with van der Waals surface area (Å²) in [6.07, 6.45) is 0.855. The van der Waals surface area contributed by atoms with Crippen LogP contribution in [0, 0.1) is 0 Å². The molecule has 2 aromatic carbocycles. The van der Waals surface area contributed by atoms with Crippen molar-refractivity contribution in [2.45, 2.75) is 18.9 Å². The van der Waals surface area contributed by atoms with E-state index in [-0.39, 0.29) is 5.92 Å². The van der Waals surface area contributed by atoms with E-state index in [0.29, 0.717) is 6.54 Å². The second-order valence-electron chi connectivity index (χ2n) is 5.16. The van der Waals surface area contributed by atoms with Gasteiger partial charge in [-0.1, -0.05) is 60.7 Å². The minimum atomic E-state index is 0.0233. The van der Waals surface area contributed by atoms with E-state index in [9.17, 15) is 0 Å². The first kappa shape index (κ1) is 14.4. The first-order valence-electron chi connectivity index (χ1n) is 7.46. The largest absolute Gasteiger partial charge is 0.330 e. The quantitative estimate of drug-likeness (QED) is 0.756. The molecule has 1 aromatic heterocycles. The average Bonchev–Trinajstić information content (AvgIpc) is 3.03. The predicted octanol–water partition coefficient (Wildman–Crippen LogP) is 2.20. The zero-order chi connectivity index (χ0) is 15.2. The second-order valence-corrected chi connectivity index (χ2v) is 5.16. The van der Waals surface area contributed by atoms with Crippen LogP contribution in [0.15, 0.2) is 60.7 Å². The molecule has 0 fully saturated rings. The highest BCUT2D eigenvalue weighted by Gasteiger charge is 2.22. The van der Waals surface area contributed by atoms with Crippen LogP contribution in [0.4, 0.5) is 0 Å². The van der Waals surface area contributed by atoms with Crippen LogP contribution in [0.5, 0.6) is 0 Å². The molecule has 0 saturated carbocycles. The number of aromatic nitrogens is 4. The van der Waals surface area contributed by atoms with Crippen molar-refractivity contribution in [1.29, 1.82) is 0 Å². The van der Waals surface area contributed by atoms with E-state index in [1.165, 1.54) is 11.1 Å². The lowest BCUT2D eigenvalue weighted by Gasteiger charge is -2.17. The Morgan fingerprint density at radius 2 is 1.50 bits per heavy atom. The normalized spacial score (nSPS) is 11.0. The Morgan fingerprint density at radius 1 is 0.909 bits per heavy atom. The standard InChI is InChI=1S/C17H19N5/c18-12-7-13-22-17(19-20-21-22)16(14-8-3-1-4-9-14)15-10-5-2-6-11-15/h1-6,8-11,16H,7,12-13,18H2. The first-order valence-corrected chi connectivity index (χ1v) is 7.46. The molecule has 0 bridgehead atoms. The van der Waals surface area contributed by atoms with Gasteiger partial charge >= 0.3 is 0 Å². The molecule has 0 aliphatic heterocycles. The Kier molecular flexibility index (Phi) is 4.56. The summed E-state index contributed by atoms with van der Waals surface area (Å²) in [5.41, 5.74) is 7.97. The maximum Gasteiger partial charge on any atom is 0.163 e. The molecule has 0 spiro atoms. The lowest BCUT2D eigenvalue weighted by atomic mass is 9.90. The zero-order valence-electron chi connectivity index (χ0n) is 12.3. The van der Waals surface area contributed by atoms with E-state index >= 15 is 0 Å². The van der Waals surface area contributed by atoms with Crippen LogP contribution >= 0.6 is 0 Å². The van der Waals surface area contributed by atoms with Crippen LogP contribution < -0.4 is 5.73 Å². The second kappa shape index (κ2) is 6.95. The molecule has 22 heavy (non-hydrogen) atoms. The van der Waals surface area contributed by atoms with Crippen molar-refractivity contribution in [2.75, 3.05) is 6.54 Å². The predicted molar refractivity (Wildman–Crippen MR) is 85.3 cm³/mol. The van der Waals surface area contributed by atoms with Crippen LogP contribution in [0.2, 0.25) is 0 Å². The molecule has 3 aromatic rings. The van der Waals surface area contributed by atoms with E-state index in [2.05, 4.69) is 39.8 Å². The molecule has 0 aliphatic rings. The van der Waals surface area contributed by atoms with E-state index in [1.807, 2.05) is 41.1 Å². The molecule has 2 N–H and O–H groups in total. The number of nitrogens with zero attached hydrogens (tertiary/aromatic N) is 4. The van der Waals surface area contributed by atoms with Gasteiger partial charge in [-0.15, -0.1) is 5.10 Å². The SMILES string of the molecule is NCCCn1nnnc1C(c1ccccc1)c1ccccc1. The summed E-state index contributed by atoms with van der Waals surface area (Å²) in [6, 6.07) is 20.6. The molecule has 0 amide bonds. The minimum absolute atomic E-state index is 0.0233. The number of benzene rings is 2. The molecule has 0 saturated heterocycles. The maximum absolute atomic E-state index is 5.61. The molecule has 0 atom stereocenters. The van der Waals surface area contributed by atoms with Gasteiger partial charge in [-0.3, -0.25) is 0 Å². The molecular weight excluding hydrogens is 274 g/mol. The Morgan fingerprint density at radius 3 is 2.05 bits per heavy atom. The van der Waals surface area contributed by atoms with Crippen LogP contribution in [0.3, 0.4) is 0 Å². The number of nitrogens with two attached hydrogens (primary N) is 1. The van der Waals surface area contributed by atoms with Gasteiger partial charge in [-0.2, -0.15) is 0 Å². The van der Waals surface area contributed by atoms with E-state index < -0.39 is 0 Å². The van der Waals surface area contributed by atoms with Crippen molar-refractivity contribution < 1.29 is 0 Å². The highest BCUT2D eigenvalue weighted by molar-refractivity contribution is 5.37. The highest BCUT2D eigenvalue weighted by atomic mass is 15.5. The number of aryl methyl sites for hydroxylation is 1. The number of hydrogen-bond donors (Lipinski definition) is 1. The van der Waals surface area contributed by atoms with Gasteiger partial charge in [-0.05, 0) is 34.5 Å².